The van der Waals surface area contributed by atoms with Crippen molar-refractivity contribution in [2.75, 3.05) is 62.8 Å². The number of carbonyl (C=O) groups is 1. The molecule has 2 aliphatic heterocycles. The lowest BCUT2D eigenvalue weighted by molar-refractivity contribution is -0.890. The van der Waals surface area contributed by atoms with Gasteiger partial charge in [-0.1, -0.05) is 80.1 Å². The van der Waals surface area contributed by atoms with Crippen LogP contribution in [0.5, 0.6) is 0 Å². The Morgan fingerprint density at radius 1 is 0.667 bits per heavy atom. The molecule has 42 heavy (non-hydrogen) atoms. The van der Waals surface area contributed by atoms with Crippen molar-refractivity contribution in [1.82, 2.24) is 0 Å². The second-order valence-corrected chi connectivity index (χ2v) is 16.8. The van der Waals surface area contributed by atoms with Gasteiger partial charge in [0.15, 0.2) is 16.4 Å². The maximum atomic E-state index is 13.3. The Labute approximate surface area is 271 Å². The molecule has 0 spiro atoms. The molecule has 2 aliphatic rings. The van der Waals surface area contributed by atoms with Crippen LogP contribution in [0.4, 0.5) is 0 Å². The summed E-state index contributed by atoms with van der Waals surface area (Å²) in [4.78, 5) is 13.4. The van der Waals surface area contributed by atoms with Crippen molar-refractivity contribution >= 4 is 25.6 Å². The molecule has 0 aromatic rings. The Bertz CT molecular complexity index is 921. The zero-order chi connectivity index (χ0) is 28.2. The largest absolute Gasteiger partial charge is 1.00 e. The van der Waals surface area contributed by atoms with Crippen LogP contribution >= 0.6 is 0 Å². The number of carboxylic acids is 1. The first-order chi connectivity index (χ1) is 17.9. The second-order valence-electron chi connectivity index (χ2n) is 12.4. The molecular formula is C30H64Cl2N2O6S2. The second kappa shape index (κ2) is 23.2. The fourth-order valence-electron chi connectivity index (χ4n) is 6.91. The molecular weight excluding hydrogens is 619 g/mol. The predicted octanol–water partition coefficient (Wildman–Crippen LogP) is -3.60. The summed E-state index contributed by atoms with van der Waals surface area (Å²) < 4.78 is 50.9. The summed E-state index contributed by atoms with van der Waals surface area (Å²) >= 11 is 0. The molecule has 256 valence electrons. The Kier molecular flexibility index (Phi) is 25.6. The minimum Gasteiger partial charge on any atom is -1.00 e. The molecule has 12 heteroatoms. The van der Waals surface area contributed by atoms with E-state index in [1.54, 1.807) is 0 Å². The number of carboxylic acid groups (broad SMARTS) is 1. The van der Waals surface area contributed by atoms with E-state index in [-0.39, 0.29) is 87.1 Å². The van der Waals surface area contributed by atoms with Crippen molar-refractivity contribution in [2.45, 2.75) is 99.3 Å². The van der Waals surface area contributed by atoms with E-state index in [2.05, 4.69) is 6.92 Å². The summed E-state index contributed by atoms with van der Waals surface area (Å²) in [7, 11) is -6.55. The van der Waals surface area contributed by atoms with Crippen LogP contribution in [0, 0.1) is 23.7 Å². The Morgan fingerprint density at radius 3 is 1.52 bits per heavy atom. The van der Waals surface area contributed by atoms with E-state index in [0.717, 1.165) is 37.4 Å². The topological polar surface area (TPSA) is 114 Å². The van der Waals surface area contributed by atoms with Gasteiger partial charge in [-0.25, -0.2) is 21.6 Å². The smallest absolute Gasteiger partial charge is 0.359 e. The molecule has 0 aromatic carbocycles. The van der Waals surface area contributed by atoms with Gasteiger partial charge in [-0.15, -0.1) is 0 Å². The fraction of sp³-hybridized carbons (Fsp3) is 0.967. The lowest BCUT2D eigenvalue weighted by Crippen LogP contribution is -3.11. The minimum absolute atomic E-state index is 0. The number of nitrogens with one attached hydrogen (secondary N) is 2. The average molecular weight is 684 g/mol. The number of sulfone groups is 2. The van der Waals surface area contributed by atoms with E-state index >= 15 is 0 Å². The van der Waals surface area contributed by atoms with Crippen molar-refractivity contribution in [3.05, 3.63) is 0 Å². The van der Waals surface area contributed by atoms with Crippen LogP contribution in [0.25, 0.3) is 0 Å². The van der Waals surface area contributed by atoms with Crippen LogP contribution < -0.4 is 34.6 Å². The van der Waals surface area contributed by atoms with Gasteiger partial charge in [0.05, 0.1) is 50.0 Å². The maximum absolute atomic E-state index is 13.3. The van der Waals surface area contributed by atoms with E-state index in [9.17, 15) is 21.6 Å². The van der Waals surface area contributed by atoms with Gasteiger partial charge in [-0.3, -0.25) is 0 Å². The molecule has 3 N–H and O–H groups in total. The summed E-state index contributed by atoms with van der Waals surface area (Å²) in [5.74, 6) is -0.697. The van der Waals surface area contributed by atoms with Crippen LogP contribution in [-0.2, 0) is 24.5 Å². The molecule has 2 rings (SSSR count). The zero-order valence-electron chi connectivity index (χ0n) is 25.0. The van der Waals surface area contributed by atoms with Crippen LogP contribution in [0.2, 0.25) is 0 Å². The van der Waals surface area contributed by atoms with Crippen molar-refractivity contribution in [3.63, 3.8) is 0 Å². The van der Waals surface area contributed by atoms with Gasteiger partial charge in [0, 0.05) is 29.9 Å². The molecule has 0 aromatic heterocycles. The van der Waals surface area contributed by atoms with Gasteiger partial charge in [-0.05, 0) is 19.3 Å². The third-order valence-corrected chi connectivity index (χ3v) is 11.7. The van der Waals surface area contributed by atoms with Gasteiger partial charge in [-0.2, -0.15) is 0 Å². The van der Waals surface area contributed by atoms with Crippen LogP contribution in [0.1, 0.15) is 99.3 Å². The monoisotopic (exact) mass is 682 g/mol. The normalized spacial score (nSPS) is 25.5. The lowest BCUT2D eigenvalue weighted by Gasteiger charge is -2.18. The van der Waals surface area contributed by atoms with Gasteiger partial charge in [0.25, 0.3) is 0 Å². The van der Waals surface area contributed by atoms with Crippen molar-refractivity contribution in [1.29, 1.82) is 0 Å². The van der Waals surface area contributed by atoms with Gasteiger partial charge in [0.2, 0.25) is 0 Å². The highest BCUT2D eigenvalue weighted by molar-refractivity contribution is 7.91. The molecule has 6 atom stereocenters. The molecule has 8 nitrogen and oxygen atoms in total. The first-order valence-electron chi connectivity index (χ1n) is 15.2. The first kappa shape index (κ1) is 46.3. The van der Waals surface area contributed by atoms with Crippen molar-refractivity contribution in [2.24, 2.45) is 23.7 Å². The first-order valence-corrected chi connectivity index (χ1v) is 19.1. The Balaban J connectivity index is -0.00000380. The van der Waals surface area contributed by atoms with E-state index < -0.39 is 25.6 Å². The molecule has 2 saturated heterocycles. The van der Waals surface area contributed by atoms with Gasteiger partial charge in [0.1, 0.15) is 9.84 Å². The van der Waals surface area contributed by atoms with E-state index in [1.807, 2.05) is 6.92 Å². The standard InChI is InChI=1S/C28H54N2O6S2.2CH4.2ClH/c1-4-6-7-8-9-10-11-12-13-14-15-29-17-25(21-37(3,33)34)27(18-29)23-38(35,36)22-26-19-30(20-28(31)32)16-24(26)5-2;;;;/h24-27H,4-23H2,1-3H3,(H,31,32);2*1H4;2*1H. The average Bonchev–Trinajstić information content (AvgIpc) is 3.35. The lowest BCUT2D eigenvalue weighted by atomic mass is 9.96. The molecule has 0 aliphatic carbocycles. The molecule has 0 radical (unpaired) electrons. The number of likely N-dealkylation sites (tertiary alicyclic amines) is 2. The van der Waals surface area contributed by atoms with Crippen LogP contribution in [0.3, 0.4) is 0 Å². The highest BCUT2D eigenvalue weighted by atomic mass is 35.5. The molecule has 2 heterocycles. The van der Waals surface area contributed by atoms with Crippen LogP contribution in [-0.4, -0.2) is 90.7 Å². The van der Waals surface area contributed by atoms with Crippen molar-refractivity contribution in [3.8, 4) is 0 Å². The van der Waals surface area contributed by atoms with Gasteiger partial charge < -0.3 is 39.7 Å². The van der Waals surface area contributed by atoms with Crippen molar-refractivity contribution < 1.29 is 61.4 Å². The van der Waals surface area contributed by atoms with E-state index in [0.29, 0.717) is 13.1 Å². The number of halogens is 2. The highest BCUT2D eigenvalue weighted by Crippen LogP contribution is 2.24. The predicted molar refractivity (Wildman–Crippen MR) is 167 cm³/mol. The Hall–Kier alpha value is -0.130. The summed E-state index contributed by atoms with van der Waals surface area (Å²) in [6, 6.07) is 0. The SMILES string of the molecule is C.C.CCCCCCCCCCCC[NH+]1CC(CS(C)(=O)=O)C(CS(=O)(=O)CC2C[NH+](CC(=O)O)CC2CC)C1.[Cl-].[Cl-]. The highest BCUT2D eigenvalue weighted by Gasteiger charge is 2.43. The van der Waals surface area contributed by atoms with Crippen LogP contribution in [0.15, 0.2) is 0 Å². The maximum Gasteiger partial charge on any atom is 0.359 e. The number of rotatable bonds is 20. The fourth-order valence-corrected chi connectivity index (χ4v) is 10.3. The molecule has 0 bridgehead atoms. The summed E-state index contributed by atoms with van der Waals surface area (Å²) in [6.45, 7) is 8.06. The number of hydrogen-bond donors (Lipinski definition) is 3. The van der Waals surface area contributed by atoms with E-state index in [1.165, 1.54) is 68.9 Å². The third kappa shape index (κ3) is 18.6. The quantitative estimate of drug-likeness (QED) is 0.115. The summed E-state index contributed by atoms with van der Waals surface area (Å²) in [5.41, 5.74) is 0. The van der Waals surface area contributed by atoms with Gasteiger partial charge >= 0.3 is 5.97 Å². The number of hydrogen-bond acceptors (Lipinski definition) is 5. The number of aliphatic carboxylic acids is 1. The zero-order valence-corrected chi connectivity index (χ0v) is 28.2. The summed E-state index contributed by atoms with van der Waals surface area (Å²) in [6.07, 6.45) is 14.9. The molecule has 2 fully saturated rings. The number of quaternary nitrogens is 2. The number of unbranched alkanes of at least 4 members (excludes halogenated alkanes) is 9. The summed E-state index contributed by atoms with van der Waals surface area (Å²) in [5, 5.41) is 9.15. The molecule has 0 saturated carbocycles. The minimum atomic E-state index is -3.37. The Morgan fingerprint density at radius 2 is 1.07 bits per heavy atom. The van der Waals surface area contributed by atoms with E-state index in [4.69, 9.17) is 5.11 Å². The molecule has 0 amide bonds. The third-order valence-electron chi connectivity index (χ3n) is 8.80. The molecule has 6 unspecified atom stereocenters.